The Hall–Kier alpha value is -1.79. The first-order chi connectivity index (χ1) is 29.0. The molecule has 0 amide bonds. The molecule has 372 valence electrons. The van der Waals surface area contributed by atoms with E-state index in [2.05, 4.69) is 102 Å². The second-order valence-corrected chi connectivity index (χ2v) is 20.2. The lowest BCUT2D eigenvalue weighted by atomic mass is 9.73. The van der Waals surface area contributed by atoms with E-state index >= 15 is 0 Å². The van der Waals surface area contributed by atoms with Crippen LogP contribution in [0.15, 0.2) is 0 Å². The van der Waals surface area contributed by atoms with Crippen molar-refractivity contribution in [2.75, 3.05) is 72.6 Å². The Bertz CT molecular complexity index is 988. The summed E-state index contributed by atoms with van der Waals surface area (Å²) in [5.41, 5.74) is -0.441. The highest BCUT2D eigenvalue weighted by Crippen LogP contribution is 2.35. The molecule has 0 aromatic rings. The molecule has 3 atom stereocenters. The van der Waals surface area contributed by atoms with Crippen LogP contribution in [-0.4, -0.2) is 102 Å². The molecule has 11 nitrogen and oxygen atoms in total. The number of unbranched alkanes of at least 4 members (excludes halogenated alkanes) is 4. The van der Waals surface area contributed by atoms with Gasteiger partial charge in [-0.3, -0.25) is 14.4 Å². The Morgan fingerprint density at radius 3 is 1.24 bits per heavy atom. The number of carbonyl (C=O) groups is 3. The third-order valence-corrected chi connectivity index (χ3v) is 10.8. The fourth-order valence-electron chi connectivity index (χ4n) is 6.76. The third kappa shape index (κ3) is 38.6. The molecule has 0 bridgehead atoms. The minimum atomic E-state index is -0.441. The Morgan fingerprint density at radius 2 is 0.903 bits per heavy atom. The molecule has 11 heteroatoms. The predicted molar refractivity (Wildman–Crippen MR) is 256 cm³/mol. The van der Waals surface area contributed by atoms with Crippen molar-refractivity contribution in [3.05, 3.63) is 0 Å². The molecule has 0 rings (SSSR count). The molecule has 0 fully saturated rings. The molecule has 0 saturated carbocycles. The Kier molecular flexibility index (Phi) is 42.3. The highest BCUT2D eigenvalue weighted by Gasteiger charge is 2.38. The van der Waals surface area contributed by atoms with Gasteiger partial charge in [-0.2, -0.15) is 0 Å². The van der Waals surface area contributed by atoms with E-state index in [1.165, 1.54) is 45.1 Å². The van der Waals surface area contributed by atoms with E-state index < -0.39 is 5.41 Å². The largest absolute Gasteiger partial charge is 0.463 e. The van der Waals surface area contributed by atoms with Crippen LogP contribution >= 0.6 is 0 Å². The quantitative estimate of drug-likeness (QED) is 0.0357. The lowest BCUT2D eigenvalue weighted by Crippen LogP contribution is -2.36. The van der Waals surface area contributed by atoms with Crippen LogP contribution in [0.25, 0.3) is 0 Å². The van der Waals surface area contributed by atoms with Crippen molar-refractivity contribution >= 4 is 17.9 Å². The zero-order chi connectivity index (χ0) is 48.1. The molecule has 2 N–H and O–H groups in total. The summed E-state index contributed by atoms with van der Waals surface area (Å²) in [6.45, 7) is 40.1. The van der Waals surface area contributed by atoms with Crippen LogP contribution in [0.3, 0.4) is 0 Å². The molecule has 0 aliphatic heterocycles. The van der Waals surface area contributed by atoms with E-state index in [1.54, 1.807) is 0 Å². The normalized spacial score (nSPS) is 13.6. The van der Waals surface area contributed by atoms with Crippen molar-refractivity contribution in [2.24, 2.45) is 58.7 Å². The number of hydrogen-bond acceptors (Lipinski definition) is 11. The number of ether oxygens (including phenoxy) is 6. The van der Waals surface area contributed by atoms with Crippen molar-refractivity contribution in [3.63, 3.8) is 0 Å². The maximum absolute atomic E-state index is 12.2. The number of nitrogens with one attached hydrogen (secondary N) is 1. The molecule has 0 aromatic carbocycles. The average Bonchev–Trinajstić information content (AvgIpc) is 3.17. The number of aliphatic hydroxyl groups excluding tert-OH is 1. The fraction of sp³-hybridized carbons (Fsp3) is 0.941. The molecule has 0 radical (unpaired) electrons. The van der Waals surface area contributed by atoms with Gasteiger partial charge >= 0.3 is 17.9 Å². The summed E-state index contributed by atoms with van der Waals surface area (Å²) in [5, 5.41) is 12.1. The average molecular weight is 890 g/mol. The maximum atomic E-state index is 12.2. The number of aliphatic hydroxyl groups is 1. The third-order valence-electron chi connectivity index (χ3n) is 10.8. The van der Waals surface area contributed by atoms with Gasteiger partial charge in [-0.15, -0.1) is 0 Å². The summed E-state index contributed by atoms with van der Waals surface area (Å²) < 4.78 is 32.1. The van der Waals surface area contributed by atoms with E-state index in [-0.39, 0.29) is 73.9 Å². The van der Waals surface area contributed by atoms with Crippen LogP contribution in [0.2, 0.25) is 0 Å². The van der Waals surface area contributed by atoms with E-state index in [9.17, 15) is 14.4 Å². The number of hydrogen-bond donors (Lipinski definition) is 2. The topological polar surface area (TPSA) is 139 Å². The van der Waals surface area contributed by atoms with Gasteiger partial charge in [0.1, 0.15) is 19.8 Å². The van der Waals surface area contributed by atoms with E-state index in [1.807, 2.05) is 20.8 Å². The zero-order valence-corrected chi connectivity index (χ0v) is 43.5. The van der Waals surface area contributed by atoms with Gasteiger partial charge in [0.15, 0.2) is 0 Å². The monoisotopic (exact) mass is 890 g/mol. The van der Waals surface area contributed by atoms with Crippen LogP contribution in [0.4, 0.5) is 0 Å². The Labute approximate surface area is 383 Å². The molecule has 0 aliphatic carbocycles. The minimum absolute atomic E-state index is 0.0615. The molecule has 0 heterocycles. The molecule has 62 heavy (non-hydrogen) atoms. The van der Waals surface area contributed by atoms with E-state index in [0.717, 1.165) is 25.2 Å². The molecule has 0 aromatic heterocycles. The second kappa shape index (κ2) is 40.7. The molecular weight excluding hydrogens is 787 g/mol. The minimum Gasteiger partial charge on any atom is -0.463 e. The lowest BCUT2D eigenvalue weighted by Gasteiger charge is -2.32. The van der Waals surface area contributed by atoms with Crippen LogP contribution in [0.1, 0.15) is 175 Å². The highest BCUT2D eigenvalue weighted by molar-refractivity contribution is 5.76. The lowest BCUT2D eigenvalue weighted by molar-refractivity contribution is -0.160. The van der Waals surface area contributed by atoms with Gasteiger partial charge in [-0.1, -0.05) is 143 Å². The van der Waals surface area contributed by atoms with Gasteiger partial charge in [0.05, 0.1) is 63.5 Å². The standard InChI is InChI=1S/C26H50O7.C13H29N.C12H24O3/c1-19(2)17-23(21(5)6)25(27)32-15-13-30-11-9-29-10-12-31-14-16-33-26(28)24(22(7)8)18-20(3)4;1-12(2)10-8-6-5-7-9-11-14-13(3)4;1-9(2)8-12(5,10(3)4)11(14)15-7-6-13/h19-24H,9-18H2,1-8H3;12-14H,5-11H2,1-4H3;9-10,13H,6-8H2,1-5H3. The molecular formula is C51H103NO10. The summed E-state index contributed by atoms with van der Waals surface area (Å²) in [5.74, 6) is 2.45. The van der Waals surface area contributed by atoms with E-state index in [4.69, 9.17) is 33.5 Å². The first-order valence-corrected chi connectivity index (χ1v) is 24.6. The summed E-state index contributed by atoms with van der Waals surface area (Å²) >= 11 is 0. The van der Waals surface area contributed by atoms with Crippen LogP contribution in [0, 0.1) is 58.7 Å². The van der Waals surface area contributed by atoms with Crippen molar-refractivity contribution in [3.8, 4) is 0 Å². The number of rotatable bonds is 35. The fourth-order valence-corrected chi connectivity index (χ4v) is 6.76. The summed E-state index contributed by atoms with van der Waals surface area (Å²) in [6.07, 6.45) is 10.9. The molecule has 3 unspecified atom stereocenters. The summed E-state index contributed by atoms with van der Waals surface area (Å²) in [7, 11) is 0. The van der Waals surface area contributed by atoms with Gasteiger partial charge < -0.3 is 38.8 Å². The van der Waals surface area contributed by atoms with Gasteiger partial charge in [0.25, 0.3) is 0 Å². The second-order valence-electron chi connectivity index (χ2n) is 20.2. The maximum Gasteiger partial charge on any atom is 0.312 e. The predicted octanol–water partition coefficient (Wildman–Crippen LogP) is 11.0. The van der Waals surface area contributed by atoms with Gasteiger partial charge in [0.2, 0.25) is 0 Å². The first-order valence-electron chi connectivity index (χ1n) is 24.6. The number of esters is 3. The molecule has 0 spiro atoms. The number of carbonyl (C=O) groups excluding carboxylic acids is 3. The molecule has 0 saturated heterocycles. The summed E-state index contributed by atoms with van der Waals surface area (Å²) in [6, 6.07) is 0.649. The smallest absolute Gasteiger partial charge is 0.312 e. The van der Waals surface area contributed by atoms with Crippen molar-refractivity contribution in [2.45, 2.75) is 182 Å². The Morgan fingerprint density at radius 1 is 0.500 bits per heavy atom. The van der Waals surface area contributed by atoms with Crippen LogP contribution < -0.4 is 5.32 Å². The zero-order valence-electron chi connectivity index (χ0n) is 43.5. The SMILES string of the molecule is CC(C)CC(C(=O)OCCOCCOCCOCCOC(=O)C(CC(C)C)C(C)C)C(C)C.CC(C)CC(C)(C(=O)OCCO)C(C)C.CC(C)CCCCCCCNC(C)C. The van der Waals surface area contributed by atoms with Crippen LogP contribution in [0.5, 0.6) is 0 Å². The van der Waals surface area contributed by atoms with Gasteiger partial charge in [-0.25, -0.2) is 0 Å². The van der Waals surface area contributed by atoms with Crippen LogP contribution in [-0.2, 0) is 42.8 Å². The van der Waals surface area contributed by atoms with Gasteiger partial charge in [-0.05, 0) is 80.6 Å². The van der Waals surface area contributed by atoms with Crippen molar-refractivity contribution in [1.29, 1.82) is 0 Å². The van der Waals surface area contributed by atoms with Crippen molar-refractivity contribution < 1.29 is 47.9 Å². The van der Waals surface area contributed by atoms with Crippen molar-refractivity contribution in [1.82, 2.24) is 5.32 Å². The van der Waals surface area contributed by atoms with Gasteiger partial charge in [0, 0.05) is 6.04 Å². The Balaban J connectivity index is -0.000000987. The molecule has 0 aliphatic rings. The highest BCUT2D eigenvalue weighted by atomic mass is 16.6. The first kappa shape index (κ1) is 64.5. The summed E-state index contributed by atoms with van der Waals surface area (Å²) in [4.78, 5) is 36.3. The van der Waals surface area contributed by atoms with E-state index in [0.29, 0.717) is 63.4 Å².